The first kappa shape index (κ1) is 10.1. The third kappa shape index (κ3) is 3.11. The van der Waals surface area contributed by atoms with Crippen LogP contribution in [0.25, 0.3) is 5.88 Å². The van der Waals surface area contributed by atoms with Crippen LogP contribution < -0.4 is 0 Å². The van der Waals surface area contributed by atoms with Crippen molar-refractivity contribution in [2.75, 3.05) is 0 Å². The molecule has 1 rings (SSSR count). The fraction of sp³-hybridized carbons (Fsp3) is 0.400. The number of hydrogen-bond donors (Lipinski definition) is 0. The summed E-state index contributed by atoms with van der Waals surface area (Å²) in [4.78, 5) is 0. The van der Waals surface area contributed by atoms with Gasteiger partial charge in [-0.1, -0.05) is 0 Å². The van der Waals surface area contributed by atoms with Crippen LogP contribution in [0.3, 0.4) is 0 Å². The molecule has 0 aliphatic carbocycles. The molecular formula is C10H17NOSi. The topological polar surface area (TPSA) is 14.2 Å². The molecule has 1 aromatic rings. The second-order valence-corrected chi connectivity index (χ2v) is 8.36. The standard InChI is InChI=1S/C10H17NOSi/c1-5-10(12-13(2,3)4)11-8-6-7-9-11/h5-9H,1-4H3/b10-5-. The Bertz CT molecular complexity index is 282. The maximum absolute atomic E-state index is 5.89. The quantitative estimate of drug-likeness (QED) is 0.534. The third-order valence-electron chi connectivity index (χ3n) is 1.52. The molecule has 0 atom stereocenters. The van der Waals surface area contributed by atoms with Crippen LogP contribution in [0.15, 0.2) is 30.6 Å². The Kier molecular flexibility index (Phi) is 2.98. The van der Waals surface area contributed by atoms with E-state index in [1.807, 2.05) is 42.1 Å². The molecule has 13 heavy (non-hydrogen) atoms. The van der Waals surface area contributed by atoms with Gasteiger partial charge in [-0.3, -0.25) is 4.57 Å². The Hall–Kier alpha value is -0.963. The Morgan fingerprint density at radius 2 is 1.77 bits per heavy atom. The molecule has 0 amide bonds. The van der Waals surface area contributed by atoms with E-state index < -0.39 is 8.32 Å². The lowest BCUT2D eigenvalue weighted by atomic mass is 10.6. The zero-order valence-electron chi connectivity index (χ0n) is 8.74. The van der Waals surface area contributed by atoms with Gasteiger partial charge in [-0.25, -0.2) is 0 Å². The SMILES string of the molecule is C/C=C(\O[Si](C)(C)C)n1cccc1. The van der Waals surface area contributed by atoms with Gasteiger partial charge in [0.25, 0.3) is 0 Å². The fourth-order valence-corrected chi connectivity index (χ4v) is 1.91. The Morgan fingerprint density at radius 1 is 1.23 bits per heavy atom. The predicted octanol–water partition coefficient (Wildman–Crippen LogP) is 3.16. The first-order valence-electron chi connectivity index (χ1n) is 4.51. The van der Waals surface area contributed by atoms with Gasteiger partial charge in [0.2, 0.25) is 8.32 Å². The molecule has 0 saturated heterocycles. The molecule has 0 spiro atoms. The second kappa shape index (κ2) is 3.83. The van der Waals surface area contributed by atoms with Gasteiger partial charge in [-0.05, 0) is 44.8 Å². The number of nitrogens with zero attached hydrogens (tertiary/aromatic N) is 1. The maximum atomic E-state index is 5.89. The molecule has 0 aromatic carbocycles. The van der Waals surface area contributed by atoms with Gasteiger partial charge in [0.1, 0.15) is 0 Å². The van der Waals surface area contributed by atoms with Gasteiger partial charge in [-0.2, -0.15) is 0 Å². The van der Waals surface area contributed by atoms with Gasteiger partial charge < -0.3 is 4.43 Å². The van der Waals surface area contributed by atoms with Crippen molar-refractivity contribution in [3.8, 4) is 0 Å². The molecule has 3 heteroatoms. The first-order chi connectivity index (χ1) is 6.03. The van der Waals surface area contributed by atoms with Crippen molar-refractivity contribution in [2.24, 2.45) is 0 Å². The van der Waals surface area contributed by atoms with Crippen LogP contribution in [-0.2, 0) is 4.43 Å². The molecule has 72 valence electrons. The summed E-state index contributed by atoms with van der Waals surface area (Å²) >= 11 is 0. The Balaban J connectivity index is 2.78. The van der Waals surface area contributed by atoms with Crippen molar-refractivity contribution in [2.45, 2.75) is 26.6 Å². The van der Waals surface area contributed by atoms with E-state index in [9.17, 15) is 0 Å². The number of rotatable bonds is 3. The molecule has 1 aromatic heterocycles. The summed E-state index contributed by atoms with van der Waals surface area (Å²) in [5.41, 5.74) is 0. The summed E-state index contributed by atoms with van der Waals surface area (Å²) in [5.74, 6) is 0.934. The zero-order valence-corrected chi connectivity index (χ0v) is 9.74. The highest BCUT2D eigenvalue weighted by Gasteiger charge is 2.17. The van der Waals surface area contributed by atoms with E-state index in [4.69, 9.17) is 4.43 Å². The predicted molar refractivity (Wildman–Crippen MR) is 58.8 cm³/mol. The van der Waals surface area contributed by atoms with E-state index in [-0.39, 0.29) is 0 Å². The second-order valence-electron chi connectivity index (χ2n) is 3.93. The van der Waals surface area contributed by atoms with Gasteiger partial charge >= 0.3 is 0 Å². The average Bonchev–Trinajstić information content (AvgIpc) is 2.50. The summed E-state index contributed by atoms with van der Waals surface area (Å²) in [6.07, 6.45) is 5.99. The number of allylic oxidation sites excluding steroid dienone is 1. The largest absolute Gasteiger partial charge is 0.533 e. The molecule has 0 N–H and O–H groups in total. The van der Waals surface area contributed by atoms with E-state index in [1.54, 1.807) is 0 Å². The molecule has 1 heterocycles. The van der Waals surface area contributed by atoms with E-state index in [2.05, 4.69) is 19.6 Å². The van der Waals surface area contributed by atoms with Crippen LogP contribution in [0.2, 0.25) is 19.6 Å². The maximum Gasteiger partial charge on any atom is 0.244 e. The molecule has 0 aliphatic heterocycles. The minimum absolute atomic E-state index is 0.934. The van der Waals surface area contributed by atoms with Gasteiger partial charge in [0.05, 0.1) is 0 Å². The molecule has 0 bridgehead atoms. The van der Waals surface area contributed by atoms with Crippen LogP contribution in [-0.4, -0.2) is 12.9 Å². The van der Waals surface area contributed by atoms with E-state index in [0.29, 0.717) is 0 Å². The van der Waals surface area contributed by atoms with Gasteiger partial charge in [0.15, 0.2) is 5.88 Å². The fourth-order valence-electron chi connectivity index (χ4n) is 1.06. The number of aromatic nitrogens is 1. The lowest BCUT2D eigenvalue weighted by Gasteiger charge is -2.22. The van der Waals surface area contributed by atoms with E-state index in [0.717, 1.165) is 5.88 Å². The molecule has 0 radical (unpaired) electrons. The molecular weight excluding hydrogens is 178 g/mol. The van der Waals surface area contributed by atoms with Crippen molar-refractivity contribution in [3.63, 3.8) is 0 Å². The molecule has 0 unspecified atom stereocenters. The smallest absolute Gasteiger partial charge is 0.244 e. The first-order valence-corrected chi connectivity index (χ1v) is 7.92. The van der Waals surface area contributed by atoms with Crippen LogP contribution in [0.4, 0.5) is 0 Å². The summed E-state index contributed by atoms with van der Waals surface area (Å²) in [6.45, 7) is 8.54. The van der Waals surface area contributed by atoms with Crippen molar-refractivity contribution < 1.29 is 4.43 Å². The highest BCUT2D eigenvalue weighted by atomic mass is 28.4. The zero-order chi connectivity index (χ0) is 9.90. The Labute approximate surface area is 81.0 Å². The van der Waals surface area contributed by atoms with E-state index >= 15 is 0 Å². The minimum Gasteiger partial charge on any atom is -0.533 e. The van der Waals surface area contributed by atoms with Gasteiger partial charge in [0, 0.05) is 12.4 Å². The summed E-state index contributed by atoms with van der Waals surface area (Å²) in [6, 6.07) is 3.99. The lowest BCUT2D eigenvalue weighted by Crippen LogP contribution is -2.25. The minimum atomic E-state index is -1.49. The lowest BCUT2D eigenvalue weighted by molar-refractivity contribution is 0.477. The normalized spacial score (nSPS) is 13.1. The molecule has 0 saturated carbocycles. The van der Waals surface area contributed by atoms with Gasteiger partial charge in [-0.15, -0.1) is 0 Å². The van der Waals surface area contributed by atoms with Crippen LogP contribution in [0.5, 0.6) is 0 Å². The summed E-state index contributed by atoms with van der Waals surface area (Å²) in [5, 5.41) is 0. The monoisotopic (exact) mass is 195 g/mol. The molecule has 2 nitrogen and oxygen atoms in total. The van der Waals surface area contributed by atoms with Crippen LogP contribution in [0, 0.1) is 0 Å². The van der Waals surface area contributed by atoms with Crippen molar-refractivity contribution in [3.05, 3.63) is 30.6 Å². The van der Waals surface area contributed by atoms with Crippen molar-refractivity contribution in [1.29, 1.82) is 0 Å². The summed E-state index contributed by atoms with van der Waals surface area (Å²) in [7, 11) is -1.49. The Morgan fingerprint density at radius 3 is 2.15 bits per heavy atom. The highest BCUT2D eigenvalue weighted by molar-refractivity contribution is 6.70. The highest BCUT2D eigenvalue weighted by Crippen LogP contribution is 2.14. The van der Waals surface area contributed by atoms with E-state index in [1.165, 1.54) is 0 Å². The van der Waals surface area contributed by atoms with Crippen LogP contribution >= 0.6 is 0 Å². The molecule has 0 fully saturated rings. The number of hydrogen-bond acceptors (Lipinski definition) is 1. The molecule has 0 aliphatic rings. The third-order valence-corrected chi connectivity index (χ3v) is 2.34. The van der Waals surface area contributed by atoms with Crippen molar-refractivity contribution in [1.82, 2.24) is 4.57 Å². The van der Waals surface area contributed by atoms with Crippen LogP contribution in [0.1, 0.15) is 6.92 Å². The average molecular weight is 195 g/mol. The summed E-state index contributed by atoms with van der Waals surface area (Å²) < 4.78 is 7.89. The van der Waals surface area contributed by atoms with Crippen molar-refractivity contribution >= 4 is 14.2 Å².